The quantitative estimate of drug-likeness (QED) is 0.755. The number of nitrogens with zero attached hydrogens (tertiary/aromatic N) is 4. The van der Waals surface area contributed by atoms with E-state index in [1.165, 1.54) is 12.8 Å². The number of aryl methyl sites for hydroxylation is 1. The van der Waals surface area contributed by atoms with E-state index in [2.05, 4.69) is 23.7 Å². The Morgan fingerprint density at radius 2 is 1.61 bits per heavy atom. The van der Waals surface area contributed by atoms with Crippen LogP contribution in [0.3, 0.4) is 0 Å². The number of piperazine rings is 1. The molecule has 0 atom stereocenters. The fourth-order valence-electron chi connectivity index (χ4n) is 3.95. The third-order valence-electron chi connectivity index (χ3n) is 5.60. The summed E-state index contributed by atoms with van der Waals surface area (Å²) in [5, 5.41) is 1.05. The minimum absolute atomic E-state index is 0.100. The Labute approximate surface area is 172 Å². The van der Waals surface area contributed by atoms with E-state index < -0.39 is 0 Å². The van der Waals surface area contributed by atoms with Crippen molar-refractivity contribution in [2.45, 2.75) is 52.9 Å². The van der Waals surface area contributed by atoms with Crippen LogP contribution in [0.15, 0.2) is 0 Å². The molecule has 0 bridgehead atoms. The number of carbonyl (C=O) groups excluding carboxylic acids is 2. The van der Waals surface area contributed by atoms with Crippen LogP contribution >= 0.6 is 11.3 Å². The lowest BCUT2D eigenvalue weighted by atomic mass is 10.1. The van der Waals surface area contributed by atoms with Gasteiger partial charge in [0.15, 0.2) is 0 Å². The van der Waals surface area contributed by atoms with Crippen LogP contribution in [-0.2, 0) is 11.2 Å². The summed E-state index contributed by atoms with van der Waals surface area (Å²) >= 11 is 1.55. The molecule has 156 valence electrons. The summed E-state index contributed by atoms with van der Waals surface area (Å²) in [6.45, 7) is 11.5. The van der Waals surface area contributed by atoms with E-state index in [1.807, 2.05) is 16.7 Å². The molecule has 2 amide bonds. The Kier molecular flexibility index (Phi) is 7.46. The molecule has 0 N–H and O–H groups in total. The minimum atomic E-state index is 0.100. The Morgan fingerprint density at radius 3 is 2.21 bits per heavy atom. The Bertz CT molecular complexity index is 672. The first-order chi connectivity index (χ1) is 13.4. The number of thiazole rings is 1. The summed E-state index contributed by atoms with van der Waals surface area (Å²) in [7, 11) is 0. The van der Waals surface area contributed by atoms with Gasteiger partial charge in [0.25, 0.3) is 5.91 Å². The number of rotatable bonds is 5. The van der Waals surface area contributed by atoms with E-state index in [0.717, 1.165) is 61.0 Å². The fourth-order valence-corrected chi connectivity index (χ4v) is 5.20. The van der Waals surface area contributed by atoms with Gasteiger partial charge in [0, 0.05) is 45.7 Å². The van der Waals surface area contributed by atoms with Gasteiger partial charge in [-0.15, -0.1) is 11.3 Å². The second kappa shape index (κ2) is 9.83. The Hall–Kier alpha value is -1.47. The molecule has 0 spiro atoms. The third kappa shape index (κ3) is 5.54. The second-order valence-electron chi connectivity index (χ2n) is 8.48. The van der Waals surface area contributed by atoms with Crippen molar-refractivity contribution in [3.63, 3.8) is 0 Å². The van der Waals surface area contributed by atoms with Gasteiger partial charge in [-0.25, -0.2) is 4.98 Å². The summed E-state index contributed by atoms with van der Waals surface area (Å²) in [5.74, 6) is 0.889. The molecule has 0 unspecified atom stereocenters. The van der Waals surface area contributed by atoms with Gasteiger partial charge in [-0.05, 0) is 25.7 Å². The van der Waals surface area contributed by atoms with E-state index >= 15 is 0 Å². The zero-order valence-electron chi connectivity index (χ0n) is 17.6. The van der Waals surface area contributed by atoms with Crippen LogP contribution in [-0.4, -0.2) is 77.3 Å². The standard InChI is InChI=1S/C21H34N4O2S/c1-16(2)14-18-22-17(3)20(28-18)21(27)25-12-10-23(11-13-25)15-19(26)24-8-6-4-5-7-9-24/h16H,4-15H2,1-3H3. The van der Waals surface area contributed by atoms with Crippen LogP contribution in [0.25, 0.3) is 0 Å². The number of hydrogen-bond acceptors (Lipinski definition) is 5. The van der Waals surface area contributed by atoms with Gasteiger partial charge in [0.05, 0.1) is 17.2 Å². The first kappa shape index (κ1) is 21.2. The highest BCUT2D eigenvalue weighted by molar-refractivity contribution is 7.13. The van der Waals surface area contributed by atoms with Crippen molar-refractivity contribution < 1.29 is 9.59 Å². The number of hydrogen-bond donors (Lipinski definition) is 0. The number of amides is 2. The zero-order valence-corrected chi connectivity index (χ0v) is 18.4. The van der Waals surface area contributed by atoms with E-state index in [0.29, 0.717) is 25.6 Å². The summed E-state index contributed by atoms with van der Waals surface area (Å²) in [6, 6.07) is 0. The van der Waals surface area contributed by atoms with Gasteiger partial charge >= 0.3 is 0 Å². The normalized spacial score (nSPS) is 19.1. The molecule has 0 radical (unpaired) electrons. The average Bonchev–Trinajstić information content (AvgIpc) is 2.86. The number of carbonyl (C=O) groups is 2. The van der Waals surface area contributed by atoms with Gasteiger partial charge in [-0.1, -0.05) is 26.7 Å². The SMILES string of the molecule is Cc1nc(CC(C)C)sc1C(=O)N1CCN(CC(=O)N2CCCCCC2)CC1. The largest absolute Gasteiger partial charge is 0.342 e. The molecule has 28 heavy (non-hydrogen) atoms. The van der Waals surface area contributed by atoms with Gasteiger partial charge in [-0.2, -0.15) is 0 Å². The lowest BCUT2D eigenvalue weighted by Crippen LogP contribution is -2.51. The highest BCUT2D eigenvalue weighted by Gasteiger charge is 2.27. The maximum absolute atomic E-state index is 12.9. The summed E-state index contributed by atoms with van der Waals surface area (Å²) in [4.78, 5) is 37.0. The highest BCUT2D eigenvalue weighted by Crippen LogP contribution is 2.23. The molecular weight excluding hydrogens is 372 g/mol. The summed E-state index contributed by atoms with van der Waals surface area (Å²) < 4.78 is 0. The average molecular weight is 407 g/mol. The topological polar surface area (TPSA) is 56.8 Å². The van der Waals surface area contributed by atoms with Gasteiger partial charge in [-0.3, -0.25) is 14.5 Å². The molecule has 2 saturated heterocycles. The number of aromatic nitrogens is 1. The van der Waals surface area contributed by atoms with Crippen molar-refractivity contribution in [3.8, 4) is 0 Å². The maximum atomic E-state index is 12.9. The predicted octanol–water partition coefficient (Wildman–Crippen LogP) is 2.81. The first-order valence-corrected chi connectivity index (χ1v) is 11.5. The minimum Gasteiger partial charge on any atom is -0.342 e. The smallest absolute Gasteiger partial charge is 0.265 e. The molecule has 3 heterocycles. The van der Waals surface area contributed by atoms with Crippen molar-refractivity contribution in [1.29, 1.82) is 0 Å². The lowest BCUT2D eigenvalue weighted by molar-refractivity contribution is -0.132. The van der Waals surface area contributed by atoms with Gasteiger partial charge < -0.3 is 9.80 Å². The van der Waals surface area contributed by atoms with E-state index in [4.69, 9.17) is 0 Å². The fraction of sp³-hybridized carbons (Fsp3) is 0.762. The van der Waals surface area contributed by atoms with Crippen LogP contribution < -0.4 is 0 Å². The molecule has 1 aromatic rings. The van der Waals surface area contributed by atoms with Crippen molar-refractivity contribution in [3.05, 3.63) is 15.6 Å². The van der Waals surface area contributed by atoms with Crippen molar-refractivity contribution >= 4 is 23.2 Å². The van der Waals surface area contributed by atoms with E-state index in [9.17, 15) is 9.59 Å². The van der Waals surface area contributed by atoms with Crippen LogP contribution in [0.4, 0.5) is 0 Å². The molecule has 6 nitrogen and oxygen atoms in total. The van der Waals surface area contributed by atoms with Crippen molar-refractivity contribution in [2.75, 3.05) is 45.8 Å². The number of likely N-dealkylation sites (tertiary alicyclic amines) is 1. The monoisotopic (exact) mass is 406 g/mol. The first-order valence-electron chi connectivity index (χ1n) is 10.7. The lowest BCUT2D eigenvalue weighted by Gasteiger charge is -2.35. The molecule has 1 aromatic heterocycles. The Morgan fingerprint density at radius 1 is 0.964 bits per heavy atom. The zero-order chi connectivity index (χ0) is 20.1. The van der Waals surface area contributed by atoms with Crippen LogP contribution in [0.5, 0.6) is 0 Å². The summed E-state index contributed by atoms with van der Waals surface area (Å²) in [5.41, 5.74) is 0.851. The maximum Gasteiger partial charge on any atom is 0.265 e. The van der Waals surface area contributed by atoms with Crippen LogP contribution in [0, 0.1) is 12.8 Å². The molecule has 0 aliphatic carbocycles. The van der Waals surface area contributed by atoms with Crippen LogP contribution in [0.2, 0.25) is 0 Å². The molecular formula is C21H34N4O2S. The Balaban J connectivity index is 1.50. The summed E-state index contributed by atoms with van der Waals surface area (Å²) in [6.07, 6.45) is 5.65. The van der Waals surface area contributed by atoms with Crippen molar-refractivity contribution in [2.24, 2.45) is 5.92 Å². The molecule has 2 fully saturated rings. The predicted molar refractivity (Wildman–Crippen MR) is 113 cm³/mol. The van der Waals surface area contributed by atoms with Gasteiger partial charge in [0.1, 0.15) is 4.88 Å². The highest BCUT2D eigenvalue weighted by atomic mass is 32.1. The molecule has 3 rings (SSSR count). The van der Waals surface area contributed by atoms with Gasteiger partial charge in [0.2, 0.25) is 5.91 Å². The van der Waals surface area contributed by atoms with E-state index in [-0.39, 0.29) is 11.8 Å². The molecule has 2 aliphatic heterocycles. The molecule has 7 heteroatoms. The molecule has 2 aliphatic rings. The van der Waals surface area contributed by atoms with E-state index in [1.54, 1.807) is 11.3 Å². The van der Waals surface area contributed by atoms with Crippen LogP contribution in [0.1, 0.15) is 59.9 Å². The molecule has 0 saturated carbocycles. The second-order valence-corrected chi connectivity index (χ2v) is 9.57. The third-order valence-corrected chi connectivity index (χ3v) is 6.76. The molecule has 0 aromatic carbocycles. The van der Waals surface area contributed by atoms with Crippen molar-refractivity contribution in [1.82, 2.24) is 19.7 Å².